The Kier molecular flexibility index (Phi) is 6.27. The number of hydrogen-bond acceptors (Lipinski definition) is 9. The molecule has 4 heterocycles. The van der Waals surface area contributed by atoms with Gasteiger partial charge in [-0.3, -0.25) is 9.59 Å². The second-order valence-corrected chi connectivity index (χ2v) is 7.91. The van der Waals surface area contributed by atoms with Crippen LogP contribution in [0.3, 0.4) is 0 Å². The largest absolute Gasteiger partial charge is 0.451 e. The van der Waals surface area contributed by atoms with Crippen LogP contribution in [0.4, 0.5) is 23.8 Å². The summed E-state index contributed by atoms with van der Waals surface area (Å²) in [6, 6.07) is 3.72. The van der Waals surface area contributed by atoms with Crippen LogP contribution in [0, 0.1) is 11.3 Å². The molecule has 2 aliphatic rings. The topological polar surface area (TPSA) is 148 Å². The third-order valence-corrected chi connectivity index (χ3v) is 5.66. The molecule has 0 aliphatic carbocycles. The molecular formula is C21H18F3N9O3. The van der Waals surface area contributed by atoms with Gasteiger partial charge < -0.3 is 15.1 Å². The van der Waals surface area contributed by atoms with Crippen LogP contribution in [0.5, 0.6) is 0 Å². The minimum Gasteiger partial charge on any atom is -0.335 e. The van der Waals surface area contributed by atoms with E-state index in [-0.39, 0.29) is 17.1 Å². The number of rotatable bonds is 5. The maximum atomic E-state index is 13.0. The fourth-order valence-electron chi connectivity index (χ4n) is 3.77. The average molecular weight is 501 g/mol. The number of carbonyl (C=O) groups is 3. The van der Waals surface area contributed by atoms with E-state index in [0.717, 1.165) is 17.3 Å². The number of anilines is 1. The van der Waals surface area contributed by atoms with Crippen molar-refractivity contribution in [2.24, 2.45) is 4.99 Å². The second-order valence-electron chi connectivity index (χ2n) is 7.91. The van der Waals surface area contributed by atoms with E-state index in [1.807, 2.05) is 0 Å². The highest BCUT2D eigenvalue weighted by Gasteiger charge is 2.51. The number of nitrogens with one attached hydrogen (secondary N) is 1. The molecule has 4 amide bonds. The molecule has 0 bridgehead atoms. The van der Waals surface area contributed by atoms with Crippen LogP contribution in [-0.2, 0) is 15.8 Å². The summed E-state index contributed by atoms with van der Waals surface area (Å²) in [5.41, 5.74) is 0.437. The van der Waals surface area contributed by atoms with Crippen molar-refractivity contribution in [1.82, 2.24) is 29.7 Å². The minimum atomic E-state index is -4.68. The van der Waals surface area contributed by atoms with Gasteiger partial charge in [0.05, 0.1) is 18.1 Å². The van der Waals surface area contributed by atoms with Crippen LogP contribution in [0.25, 0.3) is 11.3 Å². The predicted molar refractivity (Wildman–Crippen MR) is 117 cm³/mol. The normalized spacial score (nSPS) is 20.3. The van der Waals surface area contributed by atoms with Crippen molar-refractivity contribution in [3.63, 3.8) is 0 Å². The lowest BCUT2D eigenvalue weighted by atomic mass is 10.1. The van der Waals surface area contributed by atoms with E-state index in [0.29, 0.717) is 0 Å². The number of nitrogens with zero attached hydrogens (tertiary/aromatic N) is 8. The summed E-state index contributed by atoms with van der Waals surface area (Å²) < 4.78 is 38.1. The Bertz CT molecular complexity index is 1280. The number of aliphatic imine (C=N–C) groups is 1. The summed E-state index contributed by atoms with van der Waals surface area (Å²) in [6.45, 7) is 1.08. The zero-order chi connectivity index (χ0) is 26.2. The van der Waals surface area contributed by atoms with Gasteiger partial charge in [-0.2, -0.15) is 18.4 Å². The Morgan fingerprint density at radius 1 is 1.25 bits per heavy atom. The predicted octanol–water partition coefficient (Wildman–Crippen LogP) is 1.34. The van der Waals surface area contributed by atoms with Crippen molar-refractivity contribution in [3.05, 3.63) is 36.4 Å². The van der Waals surface area contributed by atoms with E-state index in [9.17, 15) is 27.6 Å². The van der Waals surface area contributed by atoms with Crippen LogP contribution in [0.2, 0.25) is 0 Å². The third kappa shape index (κ3) is 4.40. The zero-order valence-electron chi connectivity index (χ0n) is 18.8. The van der Waals surface area contributed by atoms with Gasteiger partial charge in [0.15, 0.2) is 12.2 Å². The fourth-order valence-corrected chi connectivity index (χ4v) is 3.77. The second kappa shape index (κ2) is 9.21. The van der Waals surface area contributed by atoms with Crippen molar-refractivity contribution in [2.45, 2.75) is 31.3 Å². The number of imide groups is 1. The number of pyridine rings is 1. The molecule has 4 rings (SSSR count). The summed E-state index contributed by atoms with van der Waals surface area (Å²) in [7, 11) is 1.45. The monoisotopic (exact) mass is 501 g/mol. The lowest BCUT2D eigenvalue weighted by molar-refractivity contribution is -0.145. The quantitative estimate of drug-likeness (QED) is 0.604. The molecule has 36 heavy (non-hydrogen) atoms. The lowest BCUT2D eigenvalue weighted by Crippen LogP contribution is -2.66. The molecule has 1 saturated heterocycles. The maximum absolute atomic E-state index is 13.0. The summed E-state index contributed by atoms with van der Waals surface area (Å²) in [5.74, 6) is -2.39. The van der Waals surface area contributed by atoms with E-state index >= 15 is 0 Å². The number of fused-ring (bicyclic) bond motifs is 1. The van der Waals surface area contributed by atoms with Gasteiger partial charge in [-0.25, -0.2) is 29.6 Å². The zero-order valence-corrected chi connectivity index (χ0v) is 18.8. The number of nitriles is 1. The van der Waals surface area contributed by atoms with Crippen LogP contribution in [0.15, 0.2) is 35.6 Å². The van der Waals surface area contributed by atoms with Crippen LogP contribution >= 0.6 is 0 Å². The lowest BCUT2D eigenvalue weighted by Gasteiger charge is -2.41. The smallest absolute Gasteiger partial charge is 0.335 e. The van der Waals surface area contributed by atoms with Gasteiger partial charge in [-0.15, -0.1) is 0 Å². The Labute approximate surface area is 202 Å². The van der Waals surface area contributed by atoms with Gasteiger partial charge in [0.25, 0.3) is 5.91 Å². The van der Waals surface area contributed by atoms with Crippen LogP contribution in [-0.4, -0.2) is 85.7 Å². The van der Waals surface area contributed by atoms with E-state index in [1.165, 1.54) is 42.2 Å². The molecule has 2 aromatic heterocycles. The minimum absolute atomic E-state index is 0.102. The fraction of sp³-hybridized carbons (Fsp3) is 0.333. The summed E-state index contributed by atoms with van der Waals surface area (Å²) in [5, 5.41) is 11.6. The number of likely N-dealkylation sites (N-methyl/N-ethyl adjacent to an activating group) is 1. The Hall–Kier alpha value is -4.61. The first-order valence-corrected chi connectivity index (χ1v) is 10.5. The molecule has 15 heteroatoms. The van der Waals surface area contributed by atoms with Crippen LogP contribution in [0.1, 0.15) is 12.7 Å². The summed E-state index contributed by atoms with van der Waals surface area (Å²) >= 11 is 0. The first kappa shape index (κ1) is 24.5. The van der Waals surface area contributed by atoms with Crippen molar-refractivity contribution in [2.75, 3.05) is 18.9 Å². The Morgan fingerprint density at radius 3 is 2.58 bits per heavy atom. The number of carbonyl (C=O) groups excluding carboxylic acids is 3. The van der Waals surface area contributed by atoms with Crippen LogP contribution < -0.4 is 5.32 Å². The van der Waals surface area contributed by atoms with Crippen molar-refractivity contribution in [3.8, 4) is 17.3 Å². The van der Waals surface area contributed by atoms with Crippen molar-refractivity contribution in [1.29, 1.82) is 5.26 Å². The molecule has 1 fully saturated rings. The molecule has 0 radical (unpaired) electrons. The van der Waals surface area contributed by atoms with Gasteiger partial charge in [0.2, 0.25) is 11.7 Å². The number of alkyl halides is 3. The molecule has 3 unspecified atom stereocenters. The maximum Gasteiger partial charge on any atom is 0.451 e. The molecule has 2 aromatic rings. The van der Waals surface area contributed by atoms with E-state index < -0.39 is 54.6 Å². The van der Waals surface area contributed by atoms with E-state index in [4.69, 9.17) is 5.26 Å². The van der Waals surface area contributed by atoms with Gasteiger partial charge in [-0.05, 0) is 19.1 Å². The summed E-state index contributed by atoms with van der Waals surface area (Å²) in [6.07, 6.45) is -2.26. The highest BCUT2D eigenvalue weighted by Crippen LogP contribution is 2.28. The summed E-state index contributed by atoms with van der Waals surface area (Å²) in [4.78, 5) is 56.7. The first-order valence-electron chi connectivity index (χ1n) is 10.5. The third-order valence-electron chi connectivity index (χ3n) is 5.66. The molecule has 0 aromatic carbocycles. The number of aromatic nitrogens is 3. The average Bonchev–Trinajstić information content (AvgIpc) is 3.30. The van der Waals surface area contributed by atoms with E-state index in [1.54, 1.807) is 12.1 Å². The molecular weight excluding hydrogens is 483 g/mol. The number of hydrogen-bond donors (Lipinski definition) is 1. The SMILES string of the molecule is CC(C(=O)Nc1cccc(-c2cnc(C(F)(F)F)nc2)n1)N1C=NC2C1C(=O)N(CC#N)C(=O)N2C. The van der Waals surface area contributed by atoms with Crippen molar-refractivity contribution >= 4 is 30.0 Å². The van der Waals surface area contributed by atoms with Gasteiger partial charge in [0.1, 0.15) is 18.4 Å². The molecule has 1 N–H and O–H groups in total. The Morgan fingerprint density at radius 2 is 1.94 bits per heavy atom. The molecule has 0 spiro atoms. The van der Waals surface area contributed by atoms with Gasteiger partial charge in [0, 0.05) is 25.0 Å². The Balaban J connectivity index is 1.49. The molecule has 186 valence electrons. The van der Waals surface area contributed by atoms with Gasteiger partial charge in [-0.1, -0.05) is 6.07 Å². The highest BCUT2D eigenvalue weighted by atomic mass is 19.4. The highest BCUT2D eigenvalue weighted by molar-refractivity contribution is 6.03. The van der Waals surface area contributed by atoms with Gasteiger partial charge >= 0.3 is 12.2 Å². The first-order chi connectivity index (χ1) is 17.0. The molecule has 2 aliphatic heterocycles. The molecule has 0 saturated carbocycles. The number of amides is 4. The number of halogens is 3. The van der Waals surface area contributed by atoms with E-state index in [2.05, 4.69) is 25.3 Å². The number of urea groups is 1. The van der Waals surface area contributed by atoms with Crippen molar-refractivity contribution < 1.29 is 27.6 Å². The standard InChI is InChI=1S/C21H18F3N9O3/c1-11(33-10-28-16-15(33)18(35)32(7-6-25)20(36)31(16)2)17(34)30-14-5-3-4-13(29-14)12-8-26-19(27-9-12)21(22,23)24/h3-5,8-11,15-16H,7H2,1-2H3,(H,29,30,34). The molecule has 12 nitrogen and oxygen atoms in total. The molecule has 3 atom stereocenters.